The molecule has 0 aromatic heterocycles. The van der Waals surface area contributed by atoms with Gasteiger partial charge in [0.05, 0.1) is 10.6 Å². The van der Waals surface area contributed by atoms with Crippen LogP contribution in [0.4, 0.5) is 15.8 Å². The zero-order valence-corrected chi connectivity index (χ0v) is 12.0. The van der Waals surface area contributed by atoms with E-state index in [1.807, 2.05) is 12.1 Å². The lowest BCUT2D eigenvalue weighted by Gasteiger charge is -2.30. The van der Waals surface area contributed by atoms with Crippen molar-refractivity contribution in [2.24, 2.45) is 0 Å². The number of nitrogen functional groups attached to an aromatic ring is 1. The number of carbonyl (C=O) groups excluding carboxylic acids is 1. The molecule has 0 atom stereocenters. The molecule has 0 saturated heterocycles. The van der Waals surface area contributed by atoms with Crippen LogP contribution in [0.1, 0.15) is 22.3 Å². The zero-order chi connectivity index (χ0) is 15.0. The Morgan fingerprint density at radius 3 is 2.86 bits per heavy atom. The van der Waals surface area contributed by atoms with Crippen LogP contribution in [0.25, 0.3) is 0 Å². The summed E-state index contributed by atoms with van der Waals surface area (Å²) in [5.41, 5.74) is 8.07. The van der Waals surface area contributed by atoms with Crippen molar-refractivity contribution >= 4 is 28.9 Å². The average molecular weight is 305 g/mol. The molecule has 0 aliphatic carbocycles. The van der Waals surface area contributed by atoms with Crippen LogP contribution in [-0.2, 0) is 6.42 Å². The zero-order valence-electron chi connectivity index (χ0n) is 11.3. The Balaban J connectivity index is 2.06. The summed E-state index contributed by atoms with van der Waals surface area (Å²) in [4.78, 5) is 14.2. The maximum absolute atomic E-state index is 14.0. The summed E-state index contributed by atoms with van der Waals surface area (Å²) in [7, 11) is 0. The third kappa shape index (κ3) is 2.47. The maximum atomic E-state index is 14.0. The molecular formula is C16H14ClFN2O. The van der Waals surface area contributed by atoms with E-state index in [9.17, 15) is 9.18 Å². The number of nitrogens with zero attached hydrogens (tertiary/aromatic N) is 1. The molecule has 2 aromatic rings. The summed E-state index contributed by atoms with van der Waals surface area (Å²) < 4.78 is 14.0. The SMILES string of the molecule is Nc1ccc2c(c1)N(C(=O)c1c(F)cccc1Cl)CCC2. The first-order valence-electron chi connectivity index (χ1n) is 6.72. The van der Waals surface area contributed by atoms with Crippen molar-refractivity contribution in [2.45, 2.75) is 12.8 Å². The summed E-state index contributed by atoms with van der Waals surface area (Å²) >= 11 is 5.99. The van der Waals surface area contributed by atoms with E-state index >= 15 is 0 Å². The number of nitrogens with two attached hydrogens (primary N) is 1. The quantitative estimate of drug-likeness (QED) is 0.817. The number of amides is 1. The van der Waals surface area contributed by atoms with Gasteiger partial charge in [0.2, 0.25) is 0 Å². The number of fused-ring (bicyclic) bond motifs is 1. The van der Waals surface area contributed by atoms with Crippen LogP contribution < -0.4 is 10.6 Å². The molecule has 2 N–H and O–H groups in total. The lowest BCUT2D eigenvalue weighted by Crippen LogP contribution is -2.36. The molecule has 0 unspecified atom stereocenters. The number of anilines is 2. The lowest BCUT2D eigenvalue weighted by molar-refractivity contribution is 0.0981. The summed E-state index contributed by atoms with van der Waals surface area (Å²) in [6.45, 7) is 0.528. The molecule has 0 saturated carbocycles. The standard InChI is InChI=1S/C16H14ClFN2O/c17-12-4-1-5-13(18)15(12)16(21)20-8-2-3-10-6-7-11(19)9-14(10)20/h1,4-7,9H,2-3,8,19H2. The van der Waals surface area contributed by atoms with Gasteiger partial charge in [0.25, 0.3) is 5.91 Å². The minimum atomic E-state index is -0.608. The Morgan fingerprint density at radius 2 is 2.10 bits per heavy atom. The van der Waals surface area contributed by atoms with Crippen molar-refractivity contribution in [1.29, 1.82) is 0 Å². The molecule has 5 heteroatoms. The topological polar surface area (TPSA) is 46.3 Å². The third-order valence-corrected chi connectivity index (χ3v) is 3.96. The molecular weight excluding hydrogens is 291 g/mol. The number of benzene rings is 2. The van der Waals surface area contributed by atoms with Gasteiger partial charge >= 0.3 is 0 Å². The molecule has 0 bridgehead atoms. The molecule has 0 fully saturated rings. The van der Waals surface area contributed by atoms with Gasteiger partial charge in [-0.1, -0.05) is 23.7 Å². The number of rotatable bonds is 1. The van der Waals surface area contributed by atoms with Crippen LogP contribution in [-0.4, -0.2) is 12.5 Å². The molecule has 108 valence electrons. The molecule has 1 aliphatic heterocycles. The van der Waals surface area contributed by atoms with Gasteiger partial charge in [0.15, 0.2) is 0 Å². The summed E-state index contributed by atoms with van der Waals surface area (Å²) in [6.07, 6.45) is 1.71. The fourth-order valence-electron chi connectivity index (χ4n) is 2.64. The maximum Gasteiger partial charge on any atom is 0.262 e. The van der Waals surface area contributed by atoms with Crippen molar-refractivity contribution in [3.63, 3.8) is 0 Å². The van der Waals surface area contributed by atoms with Crippen LogP contribution in [0.15, 0.2) is 36.4 Å². The third-order valence-electron chi connectivity index (χ3n) is 3.65. The van der Waals surface area contributed by atoms with Crippen LogP contribution in [0, 0.1) is 5.82 Å². The van der Waals surface area contributed by atoms with E-state index in [1.165, 1.54) is 18.2 Å². The second-order valence-corrected chi connectivity index (χ2v) is 5.45. The number of halogens is 2. The fraction of sp³-hybridized carbons (Fsp3) is 0.188. The first kappa shape index (κ1) is 13.9. The second kappa shape index (κ2) is 5.37. The first-order chi connectivity index (χ1) is 10.1. The monoisotopic (exact) mass is 304 g/mol. The molecule has 1 heterocycles. The van der Waals surface area contributed by atoms with Gasteiger partial charge in [-0.05, 0) is 42.7 Å². The molecule has 2 aromatic carbocycles. The van der Waals surface area contributed by atoms with Crippen LogP contribution in [0.2, 0.25) is 5.02 Å². The van der Waals surface area contributed by atoms with Crippen LogP contribution >= 0.6 is 11.6 Å². The summed E-state index contributed by atoms with van der Waals surface area (Å²) in [5, 5.41) is 0.121. The average Bonchev–Trinajstić information content (AvgIpc) is 2.46. The highest BCUT2D eigenvalue weighted by Crippen LogP contribution is 2.32. The molecule has 21 heavy (non-hydrogen) atoms. The predicted octanol–water partition coefficient (Wildman–Crippen LogP) is 3.65. The van der Waals surface area contributed by atoms with Gasteiger partial charge in [-0.2, -0.15) is 0 Å². The second-order valence-electron chi connectivity index (χ2n) is 5.05. The molecule has 0 radical (unpaired) electrons. The van der Waals surface area contributed by atoms with E-state index in [0.717, 1.165) is 24.1 Å². The van der Waals surface area contributed by atoms with Gasteiger partial charge < -0.3 is 10.6 Å². The number of carbonyl (C=O) groups is 1. The van der Waals surface area contributed by atoms with E-state index in [4.69, 9.17) is 17.3 Å². The Labute approximate surface area is 127 Å². The van der Waals surface area contributed by atoms with E-state index in [-0.39, 0.29) is 10.6 Å². The highest BCUT2D eigenvalue weighted by atomic mass is 35.5. The smallest absolute Gasteiger partial charge is 0.262 e. The Morgan fingerprint density at radius 1 is 1.29 bits per heavy atom. The largest absolute Gasteiger partial charge is 0.399 e. The van der Waals surface area contributed by atoms with Gasteiger partial charge in [-0.15, -0.1) is 0 Å². The summed E-state index contributed by atoms with van der Waals surface area (Å²) in [5.74, 6) is -1.03. The highest BCUT2D eigenvalue weighted by Gasteiger charge is 2.27. The normalized spacial score (nSPS) is 13.9. The highest BCUT2D eigenvalue weighted by molar-refractivity contribution is 6.34. The molecule has 1 amide bonds. The Kier molecular flexibility index (Phi) is 3.55. The van der Waals surface area contributed by atoms with E-state index < -0.39 is 11.7 Å². The van der Waals surface area contributed by atoms with E-state index in [1.54, 1.807) is 11.0 Å². The van der Waals surface area contributed by atoms with Gasteiger partial charge in [0.1, 0.15) is 5.82 Å². The lowest BCUT2D eigenvalue weighted by atomic mass is 10.00. The van der Waals surface area contributed by atoms with Crippen molar-refractivity contribution in [2.75, 3.05) is 17.2 Å². The van der Waals surface area contributed by atoms with Crippen LogP contribution in [0.3, 0.4) is 0 Å². The molecule has 3 nitrogen and oxygen atoms in total. The summed E-state index contributed by atoms with van der Waals surface area (Å²) in [6, 6.07) is 9.71. The van der Waals surface area contributed by atoms with Gasteiger partial charge in [0, 0.05) is 17.9 Å². The fourth-order valence-corrected chi connectivity index (χ4v) is 2.88. The van der Waals surface area contributed by atoms with E-state index in [2.05, 4.69) is 0 Å². The Hall–Kier alpha value is -2.07. The number of hydrogen-bond acceptors (Lipinski definition) is 2. The van der Waals surface area contributed by atoms with Crippen molar-refractivity contribution in [1.82, 2.24) is 0 Å². The predicted molar refractivity (Wildman–Crippen MR) is 82.3 cm³/mol. The minimum Gasteiger partial charge on any atom is -0.399 e. The molecule has 1 aliphatic rings. The van der Waals surface area contributed by atoms with Crippen molar-refractivity contribution in [3.8, 4) is 0 Å². The molecule has 3 rings (SSSR count). The molecule has 0 spiro atoms. The van der Waals surface area contributed by atoms with Crippen LogP contribution in [0.5, 0.6) is 0 Å². The first-order valence-corrected chi connectivity index (χ1v) is 7.10. The van der Waals surface area contributed by atoms with Crippen molar-refractivity contribution < 1.29 is 9.18 Å². The number of aryl methyl sites for hydroxylation is 1. The Bertz CT molecular complexity index is 697. The number of hydrogen-bond donors (Lipinski definition) is 1. The van der Waals surface area contributed by atoms with Gasteiger partial charge in [-0.3, -0.25) is 4.79 Å². The van der Waals surface area contributed by atoms with E-state index in [0.29, 0.717) is 12.2 Å². The van der Waals surface area contributed by atoms with Gasteiger partial charge in [-0.25, -0.2) is 4.39 Å². The minimum absolute atomic E-state index is 0.0885. The van der Waals surface area contributed by atoms with Crippen molar-refractivity contribution in [3.05, 3.63) is 58.4 Å².